The molecule has 2 aromatic carbocycles. The summed E-state index contributed by atoms with van der Waals surface area (Å²) in [6, 6.07) is 15.5. The topological polar surface area (TPSA) is 73.8 Å². The predicted octanol–water partition coefficient (Wildman–Crippen LogP) is 5.05. The van der Waals surface area contributed by atoms with Crippen molar-refractivity contribution in [3.05, 3.63) is 83.0 Å². The third kappa shape index (κ3) is 4.07. The molecule has 30 heavy (non-hydrogen) atoms. The van der Waals surface area contributed by atoms with Crippen LogP contribution in [0.5, 0.6) is 0 Å². The van der Waals surface area contributed by atoms with Crippen LogP contribution in [0.1, 0.15) is 31.2 Å². The monoisotopic (exact) mass is 418 g/mol. The molecule has 4 rings (SSSR count). The normalized spacial score (nSPS) is 11.3. The van der Waals surface area contributed by atoms with Gasteiger partial charge in [0, 0.05) is 12.1 Å². The lowest BCUT2D eigenvalue weighted by atomic mass is 10.0. The first-order valence-corrected chi connectivity index (χ1v) is 10.7. The summed E-state index contributed by atoms with van der Waals surface area (Å²) in [5.41, 5.74) is 2.76. The minimum Gasteiger partial charge on any atom is -0.338 e. The fraction of sp³-hybridized carbons (Fsp3) is 0.217. The number of benzene rings is 2. The molecule has 0 spiro atoms. The van der Waals surface area contributed by atoms with Gasteiger partial charge in [-0.15, -0.1) is 6.58 Å². The minimum atomic E-state index is -0.0838. The van der Waals surface area contributed by atoms with Gasteiger partial charge in [0.25, 0.3) is 5.56 Å². The number of hydrogen-bond acceptors (Lipinski definition) is 6. The van der Waals surface area contributed by atoms with Crippen molar-refractivity contribution in [3.63, 3.8) is 0 Å². The van der Waals surface area contributed by atoms with Crippen molar-refractivity contribution in [2.45, 2.75) is 37.2 Å². The molecule has 0 unspecified atom stereocenters. The Hall–Kier alpha value is -3.19. The second-order valence-corrected chi connectivity index (χ2v) is 8.14. The Labute approximate surface area is 178 Å². The Bertz CT molecular complexity index is 1240. The zero-order valence-electron chi connectivity index (χ0n) is 16.9. The molecule has 152 valence electrons. The fourth-order valence-electron chi connectivity index (χ4n) is 3.12. The highest BCUT2D eigenvalue weighted by Crippen LogP contribution is 2.24. The summed E-state index contributed by atoms with van der Waals surface area (Å²) in [5.74, 6) is 1.92. The van der Waals surface area contributed by atoms with Crippen LogP contribution in [0.3, 0.4) is 0 Å². The lowest BCUT2D eigenvalue weighted by Gasteiger charge is -2.10. The molecular weight excluding hydrogens is 396 g/mol. The molecule has 0 aliphatic carbocycles. The zero-order chi connectivity index (χ0) is 21.1. The average molecular weight is 419 g/mol. The number of para-hydroxylation sites is 1. The molecule has 0 saturated carbocycles. The minimum absolute atomic E-state index is 0.0838. The van der Waals surface area contributed by atoms with Gasteiger partial charge in [-0.25, -0.2) is 4.98 Å². The van der Waals surface area contributed by atoms with Gasteiger partial charge in [-0.2, -0.15) is 4.98 Å². The van der Waals surface area contributed by atoms with E-state index in [4.69, 9.17) is 4.52 Å². The largest absolute Gasteiger partial charge is 0.338 e. The average Bonchev–Trinajstić information content (AvgIpc) is 3.24. The van der Waals surface area contributed by atoms with Gasteiger partial charge in [-0.1, -0.05) is 73.2 Å². The Morgan fingerprint density at radius 1 is 1.13 bits per heavy atom. The van der Waals surface area contributed by atoms with Crippen molar-refractivity contribution in [1.29, 1.82) is 0 Å². The summed E-state index contributed by atoms with van der Waals surface area (Å²) in [7, 11) is 0. The highest BCUT2D eigenvalue weighted by Gasteiger charge is 2.14. The van der Waals surface area contributed by atoms with Crippen LogP contribution in [-0.4, -0.2) is 19.7 Å². The molecule has 0 radical (unpaired) electrons. The Kier molecular flexibility index (Phi) is 5.81. The molecule has 7 heteroatoms. The summed E-state index contributed by atoms with van der Waals surface area (Å²) in [4.78, 5) is 22.0. The lowest BCUT2D eigenvalue weighted by molar-refractivity contribution is 0.391. The fourth-order valence-corrected chi connectivity index (χ4v) is 3.97. The van der Waals surface area contributed by atoms with E-state index >= 15 is 0 Å². The molecule has 2 aromatic heterocycles. The van der Waals surface area contributed by atoms with E-state index in [1.807, 2.05) is 30.3 Å². The third-order valence-corrected chi connectivity index (χ3v) is 5.73. The molecule has 0 aliphatic rings. The van der Waals surface area contributed by atoms with Crippen molar-refractivity contribution >= 4 is 22.7 Å². The smallest absolute Gasteiger partial charge is 0.262 e. The number of thioether (sulfide) groups is 1. The van der Waals surface area contributed by atoms with Gasteiger partial charge in [-0.05, 0) is 23.6 Å². The number of hydrogen-bond donors (Lipinski definition) is 0. The van der Waals surface area contributed by atoms with E-state index in [0.717, 1.165) is 5.56 Å². The van der Waals surface area contributed by atoms with E-state index < -0.39 is 0 Å². The van der Waals surface area contributed by atoms with E-state index in [0.29, 0.717) is 46.0 Å². The van der Waals surface area contributed by atoms with Gasteiger partial charge in [0.15, 0.2) is 5.16 Å². The molecule has 4 aromatic rings. The van der Waals surface area contributed by atoms with Gasteiger partial charge in [0.2, 0.25) is 11.7 Å². The highest BCUT2D eigenvalue weighted by molar-refractivity contribution is 7.98. The summed E-state index contributed by atoms with van der Waals surface area (Å²) < 4.78 is 7.03. The van der Waals surface area contributed by atoms with Gasteiger partial charge in [-0.3, -0.25) is 9.36 Å². The maximum absolute atomic E-state index is 12.8. The second kappa shape index (κ2) is 8.67. The van der Waals surface area contributed by atoms with Crippen molar-refractivity contribution < 1.29 is 4.52 Å². The van der Waals surface area contributed by atoms with Gasteiger partial charge < -0.3 is 4.52 Å². The van der Waals surface area contributed by atoms with Crippen LogP contribution in [-0.2, 0) is 12.3 Å². The molecular formula is C23H22N4O2S. The van der Waals surface area contributed by atoms with Gasteiger partial charge in [0.05, 0.1) is 16.7 Å². The molecule has 2 heterocycles. The van der Waals surface area contributed by atoms with Crippen LogP contribution >= 0.6 is 11.8 Å². The van der Waals surface area contributed by atoms with E-state index in [1.54, 1.807) is 16.7 Å². The van der Waals surface area contributed by atoms with Crippen LogP contribution in [0.15, 0.2) is 75.7 Å². The molecule has 0 bridgehead atoms. The van der Waals surface area contributed by atoms with Crippen LogP contribution < -0.4 is 5.56 Å². The maximum atomic E-state index is 12.8. The Morgan fingerprint density at radius 2 is 1.90 bits per heavy atom. The summed E-state index contributed by atoms with van der Waals surface area (Å²) in [6.07, 6.45) is 1.69. The van der Waals surface area contributed by atoms with Crippen LogP contribution in [0.4, 0.5) is 0 Å². The summed E-state index contributed by atoms with van der Waals surface area (Å²) in [6.45, 7) is 8.45. The molecule has 0 aliphatic heterocycles. The van der Waals surface area contributed by atoms with Gasteiger partial charge in [0.1, 0.15) is 0 Å². The first kappa shape index (κ1) is 20.1. The summed E-state index contributed by atoms with van der Waals surface area (Å²) in [5, 5.41) is 5.28. The second-order valence-electron chi connectivity index (χ2n) is 7.19. The maximum Gasteiger partial charge on any atom is 0.262 e. The van der Waals surface area contributed by atoms with Crippen molar-refractivity contribution in [1.82, 2.24) is 19.7 Å². The van der Waals surface area contributed by atoms with Crippen LogP contribution in [0.2, 0.25) is 0 Å². The van der Waals surface area contributed by atoms with Crippen molar-refractivity contribution in [2.24, 2.45) is 0 Å². The molecule has 0 saturated heterocycles. The number of nitrogens with zero attached hydrogens (tertiary/aromatic N) is 4. The zero-order valence-corrected chi connectivity index (χ0v) is 17.7. The number of fused-ring (bicyclic) bond motifs is 1. The Balaban J connectivity index is 1.57. The number of aromatic nitrogens is 4. The molecule has 0 N–H and O–H groups in total. The number of rotatable bonds is 7. The van der Waals surface area contributed by atoms with Gasteiger partial charge >= 0.3 is 0 Å². The SMILES string of the molecule is C=CCn1c(SCc2nc(-c3ccc(C(C)C)cc3)no2)nc2ccccc2c1=O. The first-order chi connectivity index (χ1) is 14.6. The predicted molar refractivity (Wildman–Crippen MR) is 120 cm³/mol. The van der Waals surface area contributed by atoms with Crippen molar-refractivity contribution in [3.8, 4) is 11.4 Å². The quantitative estimate of drug-likeness (QED) is 0.238. The van der Waals surface area contributed by atoms with E-state index in [9.17, 15) is 4.79 Å². The van der Waals surface area contributed by atoms with Crippen LogP contribution in [0.25, 0.3) is 22.3 Å². The standard InChI is InChI=1S/C23H22N4O2S/c1-4-13-27-22(28)18-7-5-6-8-19(18)24-23(27)30-14-20-25-21(26-29-20)17-11-9-16(10-12-17)15(2)3/h4-12,15H,1,13-14H2,2-3H3. The van der Waals surface area contributed by atoms with E-state index in [-0.39, 0.29) is 5.56 Å². The molecule has 0 amide bonds. The molecule has 6 nitrogen and oxygen atoms in total. The van der Waals surface area contributed by atoms with E-state index in [2.05, 4.69) is 47.7 Å². The molecule has 0 fully saturated rings. The van der Waals surface area contributed by atoms with Crippen molar-refractivity contribution in [2.75, 3.05) is 0 Å². The van der Waals surface area contributed by atoms with E-state index in [1.165, 1.54) is 17.3 Å². The first-order valence-electron chi connectivity index (χ1n) is 9.73. The lowest BCUT2D eigenvalue weighted by Crippen LogP contribution is -2.22. The highest BCUT2D eigenvalue weighted by atomic mass is 32.2. The Morgan fingerprint density at radius 3 is 2.63 bits per heavy atom. The molecule has 0 atom stereocenters. The van der Waals surface area contributed by atoms with Crippen LogP contribution in [0, 0.1) is 0 Å². The summed E-state index contributed by atoms with van der Waals surface area (Å²) >= 11 is 1.39. The third-order valence-electron chi connectivity index (χ3n) is 4.77. The number of allylic oxidation sites excluding steroid dienone is 1.